The van der Waals surface area contributed by atoms with Crippen LogP contribution in [0, 0.1) is 0 Å². The van der Waals surface area contributed by atoms with Crippen LogP contribution in [-0.2, 0) is 11.2 Å². The van der Waals surface area contributed by atoms with Gasteiger partial charge < -0.3 is 15.2 Å². The van der Waals surface area contributed by atoms with Gasteiger partial charge in [0.25, 0.3) is 5.91 Å². The topological polar surface area (TPSA) is 75.6 Å². The van der Waals surface area contributed by atoms with Crippen LogP contribution < -0.4 is 10.1 Å². The van der Waals surface area contributed by atoms with E-state index >= 15 is 0 Å². The highest BCUT2D eigenvalue weighted by Crippen LogP contribution is 2.26. The molecule has 5 nitrogen and oxygen atoms in total. The van der Waals surface area contributed by atoms with E-state index in [-0.39, 0.29) is 24.8 Å². The Morgan fingerprint density at radius 1 is 0.848 bits per heavy atom. The summed E-state index contributed by atoms with van der Waals surface area (Å²) in [6.07, 6.45) is 0.202. The molecule has 33 heavy (non-hydrogen) atoms. The molecule has 1 amide bonds. The molecule has 2 N–H and O–H groups in total. The largest absolute Gasteiger partial charge is 0.481 e. The Morgan fingerprint density at radius 2 is 1.58 bits per heavy atom. The smallest absolute Gasteiger partial charge is 0.303 e. The molecular weight excluding hydrogens is 414 g/mol. The monoisotopic (exact) mass is 439 g/mol. The van der Waals surface area contributed by atoms with E-state index in [1.807, 2.05) is 67.6 Å². The summed E-state index contributed by atoms with van der Waals surface area (Å²) in [5.41, 5.74) is 2.07. The molecule has 0 aliphatic heterocycles. The molecular formula is C28H25NO4. The molecule has 4 rings (SSSR count). The van der Waals surface area contributed by atoms with Gasteiger partial charge in [-0.25, -0.2) is 0 Å². The van der Waals surface area contributed by atoms with Crippen molar-refractivity contribution < 1.29 is 19.4 Å². The van der Waals surface area contributed by atoms with E-state index in [1.165, 1.54) is 0 Å². The molecule has 1 unspecified atom stereocenters. The molecule has 166 valence electrons. The Balaban J connectivity index is 1.58. The lowest BCUT2D eigenvalue weighted by Gasteiger charge is -2.17. The maximum Gasteiger partial charge on any atom is 0.303 e. The number of hydrogen-bond donors (Lipinski definition) is 2. The predicted octanol–water partition coefficient (Wildman–Crippen LogP) is 6.14. The molecule has 0 aliphatic rings. The van der Waals surface area contributed by atoms with Crippen molar-refractivity contribution >= 4 is 22.6 Å². The molecule has 0 aromatic heterocycles. The van der Waals surface area contributed by atoms with Crippen molar-refractivity contribution in [3.63, 3.8) is 0 Å². The standard InChI is InChI=1S/C28H25NO4/c1-19(22-12-11-20-7-5-6-8-23(20)17-22)29-28(32)26-18-25(33-24-9-3-2-4-10-24)15-13-21(26)14-16-27(30)31/h2-13,15,17-19H,14,16H2,1H3,(H,29,32)(H,30,31). The van der Waals surface area contributed by atoms with Gasteiger partial charge >= 0.3 is 5.97 Å². The fourth-order valence-electron chi connectivity index (χ4n) is 3.75. The SMILES string of the molecule is CC(NC(=O)c1cc(Oc2ccccc2)ccc1CCC(=O)O)c1ccc2ccccc2c1. The normalized spacial score (nSPS) is 11.7. The van der Waals surface area contributed by atoms with Gasteiger partial charge in [0.15, 0.2) is 0 Å². The van der Waals surface area contributed by atoms with Gasteiger partial charge in [-0.1, -0.05) is 60.7 Å². The zero-order valence-electron chi connectivity index (χ0n) is 18.3. The molecule has 5 heteroatoms. The second-order valence-electron chi connectivity index (χ2n) is 7.93. The minimum Gasteiger partial charge on any atom is -0.481 e. The van der Waals surface area contributed by atoms with Crippen LogP contribution in [-0.4, -0.2) is 17.0 Å². The van der Waals surface area contributed by atoms with E-state index in [2.05, 4.69) is 17.4 Å². The Bertz CT molecular complexity index is 1280. The van der Waals surface area contributed by atoms with Crippen molar-refractivity contribution in [2.75, 3.05) is 0 Å². The van der Waals surface area contributed by atoms with Gasteiger partial charge in [0.2, 0.25) is 0 Å². The summed E-state index contributed by atoms with van der Waals surface area (Å²) >= 11 is 0. The first-order chi connectivity index (χ1) is 16.0. The zero-order chi connectivity index (χ0) is 23.2. The molecule has 0 spiro atoms. The van der Waals surface area contributed by atoms with Crippen LogP contribution in [0.2, 0.25) is 0 Å². The number of para-hydroxylation sites is 1. The molecule has 0 bridgehead atoms. The third kappa shape index (κ3) is 5.57. The fraction of sp³-hybridized carbons (Fsp3) is 0.143. The second-order valence-corrected chi connectivity index (χ2v) is 7.93. The third-order valence-corrected chi connectivity index (χ3v) is 5.53. The number of aliphatic carboxylic acids is 1. The van der Waals surface area contributed by atoms with E-state index in [0.717, 1.165) is 16.3 Å². The fourth-order valence-corrected chi connectivity index (χ4v) is 3.75. The summed E-state index contributed by atoms with van der Waals surface area (Å²) in [4.78, 5) is 24.4. The number of hydrogen-bond acceptors (Lipinski definition) is 3. The molecule has 0 saturated heterocycles. The van der Waals surface area contributed by atoms with Crippen LogP contribution in [0.15, 0.2) is 91.0 Å². The highest BCUT2D eigenvalue weighted by atomic mass is 16.5. The Hall–Kier alpha value is -4.12. The highest BCUT2D eigenvalue weighted by molar-refractivity contribution is 5.96. The van der Waals surface area contributed by atoms with Gasteiger partial charge in [-0.15, -0.1) is 0 Å². The number of rotatable bonds is 8. The van der Waals surface area contributed by atoms with Crippen molar-refractivity contribution in [2.45, 2.75) is 25.8 Å². The van der Waals surface area contributed by atoms with Crippen LogP contribution in [0.3, 0.4) is 0 Å². The summed E-state index contributed by atoms with van der Waals surface area (Å²) in [6.45, 7) is 1.93. The molecule has 1 atom stereocenters. The number of carbonyl (C=O) groups is 2. The summed E-state index contributed by atoms with van der Waals surface area (Å²) in [5, 5.41) is 14.4. The van der Waals surface area contributed by atoms with Crippen molar-refractivity contribution in [3.8, 4) is 11.5 Å². The zero-order valence-corrected chi connectivity index (χ0v) is 18.3. The summed E-state index contributed by atoms with van der Waals surface area (Å²) in [5.74, 6) is 0.000482. The number of carboxylic acid groups (broad SMARTS) is 1. The summed E-state index contributed by atoms with van der Waals surface area (Å²) < 4.78 is 5.89. The number of aryl methyl sites for hydroxylation is 1. The van der Waals surface area contributed by atoms with Crippen molar-refractivity contribution in [2.24, 2.45) is 0 Å². The van der Waals surface area contributed by atoms with Crippen LogP contribution in [0.25, 0.3) is 10.8 Å². The lowest BCUT2D eigenvalue weighted by atomic mass is 10.00. The number of ether oxygens (including phenoxy) is 1. The van der Waals surface area contributed by atoms with Gasteiger partial charge in [0, 0.05) is 12.0 Å². The lowest BCUT2D eigenvalue weighted by molar-refractivity contribution is -0.136. The Labute approximate surface area is 192 Å². The molecule has 0 fully saturated rings. The average Bonchev–Trinajstić information content (AvgIpc) is 2.83. The number of benzene rings is 4. The number of fused-ring (bicyclic) bond motifs is 1. The summed E-state index contributed by atoms with van der Waals surface area (Å²) in [7, 11) is 0. The van der Waals surface area contributed by atoms with Crippen LogP contribution >= 0.6 is 0 Å². The number of amides is 1. The lowest BCUT2D eigenvalue weighted by Crippen LogP contribution is -2.27. The number of nitrogens with one attached hydrogen (secondary N) is 1. The van der Waals surface area contributed by atoms with Gasteiger partial charge in [-0.05, 0) is 65.6 Å². The Kier molecular flexibility index (Phi) is 6.69. The van der Waals surface area contributed by atoms with Gasteiger partial charge in [-0.2, -0.15) is 0 Å². The summed E-state index contributed by atoms with van der Waals surface area (Å²) in [6, 6.07) is 28.5. The van der Waals surface area contributed by atoms with Gasteiger partial charge in [0.05, 0.1) is 6.04 Å². The molecule has 0 saturated carbocycles. The van der Waals surface area contributed by atoms with Crippen LogP contribution in [0.1, 0.15) is 40.9 Å². The maximum atomic E-state index is 13.2. The van der Waals surface area contributed by atoms with Gasteiger partial charge in [-0.3, -0.25) is 9.59 Å². The Morgan fingerprint density at radius 3 is 2.33 bits per heavy atom. The van der Waals surface area contributed by atoms with E-state index < -0.39 is 5.97 Å². The second kappa shape index (κ2) is 10.0. The number of carboxylic acids is 1. The molecule has 0 radical (unpaired) electrons. The van der Waals surface area contributed by atoms with Crippen LogP contribution in [0.4, 0.5) is 0 Å². The van der Waals surface area contributed by atoms with E-state index in [4.69, 9.17) is 9.84 Å². The number of carbonyl (C=O) groups excluding carboxylic acids is 1. The molecule has 4 aromatic carbocycles. The van der Waals surface area contributed by atoms with E-state index in [1.54, 1.807) is 18.2 Å². The third-order valence-electron chi connectivity index (χ3n) is 5.53. The minimum atomic E-state index is -0.907. The minimum absolute atomic E-state index is 0.0562. The van der Waals surface area contributed by atoms with Crippen molar-refractivity contribution in [3.05, 3.63) is 108 Å². The first-order valence-corrected chi connectivity index (χ1v) is 10.9. The van der Waals surface area contributed by atoms with Gasteiger partial charge in [0.1, 0.15) is 11.5 Å². The predicted molar refractivity (Wildman–Crippen MR) is 129 cm³/mol. The highest BCUT2D eigenvalue weighted by Gasteiger charge is 2.17. The maximum absolute atomic E-state index is 13.2. The molecule has 0 aliphatic carbocycles. The first-order valence-electron chi connectivity index (χ1n) is 10.9. The van der Waals surface area contributed by atoms with E-state index in [9.17, 15) is 9.59 Å². The van der Waals surface area contributed by atoms with Crippen molar-refractivity contribution in [1.29, 1.82) is 0 Å². The van der Waals surface area contributed by atoms with Crippen molar-refractivity contribution in [1.82, 2.24) is 5.32 Å². The van der Waals surface area contributed by atoms with Crippen LogP contribution in [0.5, 0.6) is 11.5 Å². The first kappa shape index (κ1) is 22.1. The quantitative estimate of drug-likeness (QED) is 0.346. The van der Waals surface area contributed by atoms with E-state index in [0.29, 0.717) is 22.6 Å². The molecule has 4 aromatic rings. The molecule has 0 heterocycles. The average molecular weight is 440 g/mol.